The average molecular weight is 379 g/mol. The van der Waals surface area contributed by atoms with Crippen LogP contribution in [0.1, 0.15) is 20.3 Å². The lowest BCUT2D eigenvalue weighted by atomic mass is 9.82. The van der Waals surface area contributed by atoms with Crippen molar-refractivity contribution in [3.8, 4) is 0 Å². The number of carbonyl (C=O) groups is 3. The molecular formula is C19H19ClO6. The fraction of sp³-hybridized carbons (Fsp3) is 0.421. The molecule has 0 radical (unpaired) electrons. The van der Waals surface area contributed by atoms with Crippen molar-refractivity contribution in [2.24, 2.45) is 11.8 Å². The lowest BCUT2D eigenvalue weighted by Crippen LogP contribution is -2.36. The first kappa shape index (κ1) is 18.6. The highest BCUT2D eigenvalue weighted by Crippen LogP contribution is 2.50. The van der Waals surface area contributed by atoms with Crippen molar-refractivity contribution >= 4 is 29.3 Å². The van der Waals surface area contributed by atoms with Crippen LogP contribution in [0.25, 0.3) is 0 Å². The molecule has 1 saturated heterocycles. The molecule has 0 saturated carbocycles. The van der Waals surface area contributed by atoms with Gasteiger partial charge in [0.15, 0.2) is 0 Å². The molecule has 3 aliphatic rings. The molecule has 4 unspecified atom stereocenters. The summed E-state index contributed by atoms with van der Waals surface area (Å²) in [6, 6.07) is 0. The van der Waals surface area contributed by atoms with E-state index in [1.807, 2.05) is 0 Å². The van der Waals surface area contributed by atoms with Gasteiger partial charge in [-0.3, -0.25) is 4.79 Å². The van der Waals surface area contributed by atoms with Crippen molar-refractivity contribution in [1.82, 2.24) is 0 Å². The van der Waals surface area contributed by atoms with Crippen LogP contribution in [-0.4, -0.2) is 41.6 Å². The number of hydrogen-bond acceptors (Lipinski definition) is 6. The minimum atomic E-state index is -0.803. The van der Waals surface area contributed by atoms with E-state index in [1.54, 1.807) is 6.92 Å². The van der Waals surface area contributed by atoms with Gasteiger partial charge in [-0.25, -0.2) is 9.59 Å². The second-order valence-electron chi connectivity index (χ2n) is 6.83. The third-order valence-electron chi connectivity index (χ3n) is 5.18. The normalized spacial score (nSPS) is 30.8. The highest BCUT2D eigenvalue weighted by molar-refractivity contribution is 6.47. The number of aliphatic hydroxyl groups is 1. The van der Waals surface area contributed by atoms with Gasteiger partial charge in [0.25, 0.3) is 0 Å². The van der Waals surface area contributed by atoms with E-state index in [-0.39, 0.29) is 22.6 Å². The quantitative estimate of drug-likeness (QED) is 0.596. The Labute approximate surface area is 155 Å². The summed E-state index contributed by atoms with van der Waals surface area (Å²) in [5.41, 5.74) is 1.70. The number of ketones is 1. The molecule has 6 nitrogen and oxygen atoms in total. The number of fused-ring (bicyclic) bond motifs is 3. The molecule has 7 heteroatoms. The van der Waals surface area contributed by atoms with Gasteiger partial charge in [-0.05, 0) is 25.0 Å². The number of aliphatic hydroxyl groups excluding tert-OH is 1. The summed E-state index contributed by atoms with van der Waals surface area (Å²) in [5, 5.41) is 9.91. The largest absolute Gasteiger partial charge is 0.458 e. The Bertz CT molecular complexity index is 818. The molecule has 0 spiro atoms. The number of ether oxygens (including phenoxy) is 2. The van der Waals surface area contributed by atoms with Crippen LogP contribution < -0.4 is 0 Å². The van der Waals surface area contributed by atoms with E-state index >= 15 is 0 Å². The van der Waals surface area contributed by atoms with Crippen molar-refractivity contribution in [3.63, 3.8) is 0 Å². The first-order valence-corrected chi connectivity index (χ1v) is 8.56. The summed E-state index contributed by atoms with van der Waals surface area (Å²) >= 11 is 6.14. The zero-order valence-electron chi connectivity index (χ0n) is 14.5. The zero-order valence-corrected chi connectivity index (χ0v) is 15.3. The molecular weight excluding hydrogens is 360 g/mol. The van der Waals surface area contributed by atoms with Gasteiger partial charge in [0, 0.05) is 29.1 Å². The maximum absolute atomic E-state index is 12.6. The lowest BCUT2D eigenvalue weighted by molar-refractivity contribution is -0.148. The second kappa shape index (κ2) is 6.52. The highest BCUT2D eigenvalue weighted by atomic mass is 35.5. The Morgan fingerprint density at radius 1 is 1.42 bits per heavy atom. The summed E-state index contributed by atoms with van der Waals surface area (Å²) < 4.78 is 11.0. The molecule has 0 aromatic heterocycles. The lowest BCUT2D eigenvalue weighted by Gasteiger charge is -2.27. The van der Waals surface area contributed by atoms with Crippen LogP contribution >= 0.6 is 11.6 Å². The Morgan fingerprint density at radius 2 is 2.08 bits per heavy atom. The topological polar surface area (TPSA) is 89.9 Å². The van der Waals surface area contributed by atoms with Gasteiger partial charge in [0.05, 0.1) is 17.6 Å². The number of hydrogen-bond donors (Lipinski definition) is 1. The molecule has 3 rings (SSSR count). The van der Waals surface area contributed by atoms with Gasteiger partial charge < -0.3 is 14.6 Å². The van der Waals surface area contributed by atoms with Crippen molar-refractivity contribution < 1.29 is 29.0 Å². The predicted molar refractivity (Wildman–Crippen MR) is 93.0 cm³/mol. The number of halogens is 1. The third-order valence-corrected chi connectivity index (χ3v) is 5.65. The zero-order chi connectivity index (χ0) is 19.3. The molecule has 0 aromatic carbocycles. The molecule has 0 amide bonds. The van der Waals surface area contributed by atoms with Crippen LogP contribution in [0, 0.1) is 11.8 Å². The molecule has 4 atom stereocenters. The maximum Gasteiger partial charge on any atom is 0.334 e. The summed E-state index contributed by atoms with van der Waals surface area (Å²) in [7, 11) is 0. The van der Waals surface area contributed by atoms with Crippen LogP contribution in [0.3, 0.4) is 0 Å². The minimum Gasteiger partial charge on any atom is -0.458 e. The summed E-state index contributed by atoms with van der Waals surface area (Å²) in [6.45, 7) is 10.2. The highest BCUT2D eigenvalue weighted by Gasteiger charge is 2.55. The van der Waals surface area contributed by atoms with Gasteiger partial charge in [-0.2, -0.15) is 0 Å². The first-order chi connectivity index (χ1) is 12.2. The monoisotopic (exact) mass is 378 g/mol. The van der Waals surface area contributed by atoms with E-state index in [4.69, 9.17) is 21.1 Å². The van der Waals surface area contributed by atoms with Crippen LogP contribution in [0.5, 0.6) is 0 Å². The molecule has 2 aliphatic carbocycles. The van der Waals surface area contributed by atoms with Gasteiger partial charge >= 0.3 is 11.9 Å². The molecule has 138 valence electrons. The molecule has 0 aromatic rings. The number of Topliss-reactive ketones (excluding diaryl/α,β-unsaturated/α-hetero) is 1. The Morgan fingerprint density at radius 3 is 2.65 bits per heavy atom. The summed E-state index contributed by atoms with van der Waals surface area (Å²) in [6.07, 6.45) is -1.48. The van der Waals surface area contributed by atoms with Gasteiger partial charge in [0.2, 0.25) is 5.78 Å². The smallest absolute Gasteiger partial charge is 0.334 e. The summed E-state index contributed by atoms with van der Waals surface area (Å²) in [5.74, 6) is -2.82. The summed E-state index contributed by atoms with van der Waals surface area (Å²) in [4.78, 5) is 36.8. The minimum absolute atomic E-state index is 0.0700. The molecule has 1 heterocycles. The third kappa shape index (κ3) is 2.64. The van der Waals surface area contributed by atoms with Crippen LogP contribution in [0.15, 0.2) is 46.1 Å². The van der Waals surface area contributed by atoms with Crippen molar-refractivity contribution in [2.75, 3.05) is 6.61 Å². The van der Waals surface area contributed by atoms with Crippen LogP contribution in [0.2, 0.25) is 0 Å². The van der Waals surface area contributed by atoms with Crippen molar-refractivity contribution in [3.05, 3.63) is 46.1 Å². The molecule has 1 fully saturated rings. The van der Waals surface area contributed by atoms with Crippen molar-refractivity contribution in [1.29, 1.82) is 0 Å². The molecule has 1 aliphatic heterocycles. The van der Waals surface area contributed by atoms with E-state index in [0.717, 1.165) is 0 Å². The van der Waals surface area contributed by atoms with E-state index in [2.05, 4.69) is 13.2 Å². The first-order valence-electron chi connectivity index (χ1n) is 8.19. The van der Waals surface area contributed by atoms with Gasteiger partial charge in [-0.1, -0.05) is 24.8 Å². The number of rotatable bonds is 3. The van der Waals surface area contributed by atoms with E-state index in [0.29, 0.717) is 16.7 Å². The van der Waals surface area contributed by atoms with Crippen LogP contribution in [-0.2, 0) is 23.9 Å². The van der Waals surface area contributed by atoms with E-state index in [9.17, 15) is 19.5 Å². The van der Waals surface area contributed by atoms with Crippen molar-refractivity contribution in [2.45, 2.75) is 32.5 Å². The second-order valence-corrected chi connectivity index (χ2v) is 7.21. The molecule has 0 bridgehead atoms. The standard InChI is InChI=1S/C19H19ClO6/c1-7(2)18(23)25-11-5-10(6-21)14-13(8(3)15(20)16(14)22)17-12(11)9(4)19(24)26-17/h11-13,17,21H,1,4-6H2,2-3H3. The molecule has 1 N–H and O–H groups in total. The number of carbonyl (C=O) groups excluding carboxylic acids is 3. The SMILES string of the molecule is C=C(C)C(=O)OC1CC(CO)=C2C(=O)C(Cl)=C(C)C2C2OC(=O)C(=C)C12. The Balaban J connectivity index is 2.13. The number of allylic oxidation sites excluding steroid dienone is 1. The van der Waals surface area contributed by atoms with E-state index < -0.39 is 48.4 Å². The van der Waals surface area contributed by atoms with E-state index in [1.165, 1.54) is 6.92 Å². The Kier molecular flexibility index (Phi) is 4.67. The Hall–Kier alpha value is -2.18. The molecule has 26 heavy (non-hydrogen) atoms. The van der Waals surface area contributed by atoms with Gasteiger partial charge in [0.1, 0.15) is 12.2 Å². The fourth-order valence-corrected chi connectivity index (χ4v) is 4.10. The fourth-order valence-electron chi connectivity index (χ4n) is 3.88. The predicted octanol–water partition coefficient (Wildman–Crippen LogP) is 1.98. The average Bonchev–Trinajstić information content (AvgIpc) is 2.94. The van der Waals surface area contributed by atoms with Gasteiger partial charge in [-0.15, -0.1) is 0 Å². The number of esters is 2. The van der Waals surface area contributed by atoms with Crippen LogP contribution in [0.4, 0.5) is 0 Å². The maximum atomic E-state index is 12.6.